The molecule has 2 N–H and O–H groups in total. The normalized spacial score (nSPS) is 10.7. The summed E-state index contributed by atoms with van der Waals surface area (Å²) in [6.45, 7) is 4.41. The third-order valence-corrected chi connectivity index (χ3v) is 3.42. The van der Waals surface area contributed by atoms with E-state index in [1.54, 1.807) is 32.9 Å². The van der Waals surface area contributed by atoms with Gasteiger partial charge in [0.05, 0.1) is 0 Å². The van der Waals surface area contributed by atoms with E-state index >= 15 is 0 Å². The third kappa shape index (κ3) is 7.11. The van der Waals surface area contributed by atoms with Gasteiger partial charge in [-0.05, 0) is 32.4 Å². The van der Waals surface area contributed by atoms with Gasteiger partial charge in [-0.3, -0.25) is 10.1 Å². The number of urea groups is 1. The Labute approximate surface area is 164 Å². The van der Waals surface area contributed by atoms with Gasteiger partial charge in [-0.25, -0.2) is 9.59 Å². The van der Waals surface area contributed by atoms with Gasteiger partial charge in [-0.15, -0.1) is 0 Å². The lowest BCUT2D eigenvalue weighted by Crippen LogP contribution is -2.49. The first-order valence-corrected chi connectivity index (χ1v) is 8.79. The highest BCUT2D eigenvalue weighted by Crippen LogP contribution is 2.29. The number of esters is 1. The first-order valence-electron chi connectivity index (χ1n) is 8.79. The molecular formula is C21H24N2O5. The molecule has 0 spiro atoms. The van der Waals surface area contributed by atoms with E-state index < -0.39 is 30.1 Å². The van der Waals surface area contributed by atoms with Gasteiger partial charge in [0.2, 0.25) is 0 Å². The van der Waals surface area contributed by atoms with Gasteiger partial charge in [-0.1, -0.05) is 48.5 Å². The molecule has 0 atom stereocenters. The van der Waals surface area contributed by atoms with Crippen LogP contribution in [0.5, 0.6) is 5.75 Å². The number of nitrogens with one attached hydrogen (secondary N) is 2. The molecule has 0 bridgehead atoms. The highest BCUT2D eigenvalue weighted by molar-refractivity contribution is 5.95. The van der Waals surface area contributed by atoms with Crippen molar-refractivity contribution in [3.05, 3.63) is 54.6 Å². The van der Waals surface area contributed by atoms with Gasteiger partial charge >= 0.3 is 12.0 Å². The second kappa shape index (κ2) is 9.55. The van der Waals surface area contributed by atoms with Crippen LogP contribution in [-0.2, 0) is 14.3 Å². The number of amides is 3. The Kier molecular flexibility index (Phi) is 7.14. The summed E-state index contributed by atoms with van der Waals surface area (Å²) in [6, 6.07) is 16.3. The van der Waals surface area contributed by atoms with Crippen LogP contribution in [0.15, 0.2) is 54.6 Å². The lowest BCUT2D eigenvalue weighted by Gasteiger charge is -2.20. The van der Waals surface area contributed by atoms with Crippen LogP contribution in [0.1, 0.15) is 20.8 Å². The van der Waals surface area contributed by atoms with Crippen molar-refractivity contribution in [2.75, 3.05) is 13.2 Å². The number of hydrogen-bond donors (Lipinski definition) is 2. The van der Waals surface area contributed by atoms with Crippen LogP contribution in [0.2, 0.25) is 0 Å². The van der Waals surface area contributed by atoms with E-state index in [1.165, 1.54) is 0 Å². The summed E-state index contributed by atoms with van der Waals surface area (Å²) in [7, 11) is 0. The molecule has 2 aromatic carbocycles. The zero-order valence-electron chi connectivity index (χ0n) is 16.2. The molecule has 28 heavy (non-hydrogen) atoms. The molecule has 7 nitrogen and oxygen atoms in total. The number of para-hydroxylation sites is 1. The van der Waals surface area contributed by atoms with Crippen LogP contribution in [0.3, 0.4) is 0 Å². The van der Waals surface area contributed by atoms with Gasteiger partial charge in [0, 0.05) is 11.1 Å². The maximum absolute atomic E-state index is 11.9. The SMILES string of the molecule is CC(C)(C)NC(=O)NC(=O)COC(=O)COc1ccccc1-c1ccccc1. The largest absolute Gasteiger partial charge is 0.481 e. The van der Waals surface area contributed by atoms with Crippen LogP contribution < -0.4 is 15.4 Å². The number of hydrogen-bond acceptors (Lipinski definition) is 5. The average molecular weight is 384 g/mol. The smallest absolute Gasteiger partial charge is 0.344 e. The predicted molar refractivity (Wildman–Crippen MR) is 105 cm³/mol. The van der Waals surface area contributed by atoms with E-state index in [2.05, 4.69) is 10.6 Å². The Hall–Kier alpha value is -3.35. The number of benzene rings is 2. The minimum atomic E-state index is -0.722. The van der Waals surface area contributed by atoms with E-state index in [1.807, 2.05) is 42.5 Å². The van der Waals surface area contributed by atoms with Crippen LogP contribution in [-0.4, -0.2) is 36.7 Å². The van der Waals surface area contributed by atoms with Crippen molar-refractivity contribution in [3.8, 4) is 16.9 Å². The van der Waals surface area contributed by atoms with Crippen LogP contribution in [0.4, 0.5) is 4.79 Å². The van der Waals surface area contributed by atoms with Crippen molar-refractivity contribution in [1.82, 2.24) is 10.6 Å². The predicted octanol–water partition coefficient (Wildman–Crippen LogP) is 2.90. The average Bonchev–Trinajstić information content (AvgIpc) is 2.64. The molecule has 2 rings (SSSR count). The maximum Gasteiger partial charge on any atom is 0.344 e. The molecule has 0 aromatic heterocycles. The van der Waals surface area contributed by atoms with E-state index in [9.17, 15) is 14.4 Å². The minimum absolute atomic E-state index is 0.356. The molecule has 0 heterocycles. The molecular weight excluding hydrogens is 360 g/mol. The Balaban J connectivity index is 1.82. The number of imide groups is 1. The number of rotatable bonds is 6. The number of ether oxygens (including phenoxy) is 2. The van der Waals surface area contributed by atoms with Crippen molar-refractivity contribution in [3.63, 3.8) is 0 Å². The summed E-state index contributed by atoms with van der Waals surface area (Å²) in [4.78, 5) is 35.1. The Morgan fingerprint density at radius 2 is 1.54 bits per heavy atom. The first kappa shape index (κ1) is 21.0. The van der Waals surface area contributed by atoms with Crippen molar-refractivity contribution in [2.24, 2.45) is 0 Å². The summed E-state index contributed by atoms with van der Waals surface area (Å²) < 4.78 is 10.4. The van der Waals surface area contributed by atoms with Gasteiger partial charge in [0.1, 0.15) is 5.75 Å². The summed E-state index contributed by atoms with van der Waals surface area (Å²) in [5.41, 5.74) is 1.31. The fraction of sp³-hybridized carbons (Fsp3) is 0.286. The lowest BCUT2D eigenvalue weighted by atomic mass is 10.1. The number of carbonyl (C=O) groups excluding carboxylic acids is 3. The Morgan fingerprint density at radius 1 is 0.893 bits per heavy atom. The molecule has 0 aliphatic rings. The monoisotopic (exact) mass is 384 g/mol. The standard InChI is InChI=1S/C21H24N2O5/c1-21(2,3)23-20(26)22-18(24)13-28-19(25)14-27-17-12-8-7-11-16(17)15-9-5-4-6-10-15/h4-12H,13-14H2,1-3H3,(H2,22,23,24,26). The molecule has 0 saturated heterocycles. The molecule has 0 fully saturated rings. The van der Waals surface area contributed by atoms with E-state index in [-0.39, 0.29) is 6.61 Å². The molecule has 3 amide bonds. The molecule has 7 heteroatoms. The summed E-state index contributed by atoms with van der Waals surface area (Å²) in [6.07, 6.45) is 0. The van der Waals surface area contributed by atoms with E-state index in [0.717, 1.165) is 11.1 Å². The highest BCUT2D eigenvalue weighted by Gasteiger charge is 2.17. The molecule has 0 unspecified atom stereocenters. The lowest BCUT2D eigenvalue weighted by molar-refractivity contribution is -0.150. The van der Waals surface area contributed by atoms with Crippen LogP contribution in [0.25, 0.3) is 11.1 Å². The molecule has 0 aliphatic carbocycles. The van der Waals surface area contributed by atoms with E-state index in [0.29, 0.717) is 5.75 Å². The quantitative estimate of drug-likeness (QED) is 0.747. The van der Waals surface area contributed by atoms with Gasteiger partial charge in [0.25, 0.3) is 5.91 Å². The summed E-state index contributed by atoms with van der Waals surface area (Å²) >= 11 is 0. The molecule has 148 valence electrons. The van der Waals surface area contributed by atoms with Crippen LogP contribution >= 0.6 is 0 Å². The van der Waals surface area contributed by atoms with Crippen molar-refractivity contribution >= 4 is 17.9 Å². The van der Waals surface area contributed by atoms with Crippen molar-refractivity contribution in [1.29, 1.82) is 0 Å². The fourth-order valence-corrected chi connectivity index (χ4v) is 2.31. The third-order valence-electron chi connectivity index (χ3n) is 3.42. The first-order chi connectivity index (χ1) is 13.2. The molecule has 2 aromatic rings. The Morgan fingerprint density at radius 3 is 2.21 bits per heavy atom. The van der Waals surface area contributed by atoms with Gasteiger partial charge in [0.15, 0.2) is 13.2 Å². The Bertz CT molecular complexity index is 828. The topological polar surface area (TPSA) is 93.7 Å². The van der Waals surface area contributed by atoms with E-state index in [4.69, 9.17) is 9.47 Å². The second-order valence-corrected chi connectivity index (χ2v) is 7.06. The number of carbonyl (C=O) groups is 3. The molecule has 0 saturated carbocycles. The zero-order valence-corrected chi connectivity index (χ0v) is 16.2. The van der Waals surface area contributed by atoms with Crippen molar-refractivity contribution in [2.45, 2.75) is 26.3 Å². The zero-order chi connectivity index (χ0) is 20.6. The van der Waals surface area contributed by atoms with Gasteiger partial charge < -0.3 is 14.8 Å². The fourth-order valence-electron chi connectivity index (χ4n) is 2.31. The van der Waals surface area contributed by atoms with Crippen molar-refractivity contribution < 1.29 is 23.9 Å². The highest BCUT2D eigenvalue weighted by atomic mass is 16.6. The molecule has 0 aliphatic heterocycles. The summed E-state index contributed by atoms with van der Waals surface area (Å²) in [5, 5.41) is 4.66. The second-order valence-electron chi connectivity index (χ2n) is 7.06. The summed E-state index contributed by atoms with van der Waals surface area (Å²) in [5.74, 6) is -0.909. The van der Waals surface area contributed by atoms with Crippen LogP contribution in [0, 0.1) is 0 Å². The van der Waals surface area contributed by atoms with Gasteiger partial charge in [-0.2, -0.15) is 0 Å². The molecule has 0 radical (unpaired) electrons. The minimum Gasteiger partial charge on any atom is -0.481 e. The maximum atomic E-state index is 11.9.